The van der Waals surface area contributed by atoms with Gasteiger partial charge in [-0.15, -0.1) is 0 Å². The number of aromatic nitrogens is 1. The van der Waals surface area contributed by atoms with Crippen LogP contribution in [0.25, 0.3) is 0 Å². The summed E-state index contributed by atoms with van der Waals surface area (Å²) in [7, 11) is 1.68. The zero-order valence-corrected chi connectivity index (χ0v) is 12.5. The molecule has 21 heavy (non-hydrogen) atoms. The average molecular weight is 286 g/mol. The summed E-state index contributed by atoms with van der Waals surface area (Å²) in [5.74, 6) is 0.782. The quantitative estimate of drug-likeness (QED) is 0.849. The molecule has 0 fully saturated rings. The Balaban J connectivity index is 2.21. The van der Waals surface area contributed by atoms with E-state index in [0.717, 1.165) is 23.4 Å². The maximum absolute atomic E-state index is 6.20. The van der Waals surface area contributed by atoms with Crippen molar-refractivity contribution in [2.45, 2.75) is 32.1 Å². The maximum atomic E-state index is 6.20. The van der Waals surface area contributed by atoms with Crippen molar-refractivity contribution in [3.8, 4) is 5.75 Å². The molecule has 0 saturated heterocycles. The fraction of sp³-hybridized carbons (Fsp3) is 0.353. The summed E-state index contributed by atoms with van der Waals surface area (Å²) in [6.45, 7) is 2.61. The van der Waals surface area contributed by atoms with Crippen molar-refractivity contribution in [1.82, 2.24) is 4.98 Å². The van der Waals surface area contributed by atoms with Gasteiger partial charge in [-0.2, -0.15) is 0 Å². The van der Waals surface area contributed by atoms with Crippen LogP contribution < -0.4 is 10.5 Å². The Morgan fingerprint density at radius 3 is 2.71 bits per heavy atom. The molecule has 0 saturated carbocycles. The lowest BCUT2D eigenvalue weighted by atomic mass is 10.1. The van der Waals surface area contributed by atoms with Crippen molar-refractivity contribution in [2.75, 3.05) is 7.11 Å². The van der Waals surface area contributed by atoms with Gasteiger partial charge in [0.05, 0.1) is 12.3 Å². The Labute approximate surface area is 125 Å². The van der Waals surface area contributed by atoms with Gasteiger partial charge in [0.15, 0.2) is 6.10 Å². The van der Waals surface area contributed by atoms with Gasteiger partial charge >= 0.3 is 0 Å². The monoisotopic (exact) mass is 286 g/mol. The fourth-order valence-corrected chi connectivity index (χ4v) is 2.15. The third-order valence-electron chi connectivity index (χ3n) is 3.31. The van der Waals surface area contributed by atoms with Gasteiger partial charge in [0, 0.05) is 19.3 Å². The van der Waals surface area contributed by atoms with Crippen molar-refractivity contribution in [1.29, 1.82) is 0 Å². The molecule has 0 spiro atoms. The normalized spacial score (nSPS) is 13.7. The van der Waals surface area contributed by atoms with Gasteiger partial charge < -0.3 is 15.2 Å². The van der Waals surface area contributed by atoms with Crippen LogP contribution >= 0.6 is 0 Å². The van der Waals surface area contributed by atoms with E-state index in [4.69, 9.17) is 15.2 Å². The number of ether oxygens (including phenoxy) is 2. The molecular weight excluding hydrogens is 264 g/mol. The van der Waals surface area contributed by atoms with Crippen LogP contribution in [0.2, 0.25) is 0 Å². The molecular formula is C17H22N2O2. The molecule has 2 unspecified atom stereocenters. The van der Waals surface area contributed by atoms with Crippen molar-refractivity contribution in [2.24, 2.45) is 5.73 Å². The Kier molecular flexibility index (Phi) is 5.72. The molecule has 1 heterocycles. The number of pyridine rings is 1. The standard InChI is InChI=1S/C17H22N2O2/c1-3-15(18)17(16-9-4-5-10-19-16)21-14-8-6-7-13(11-14)12-20-2/h4-11,15,17H,3,12,18H2,1-2H3. The molecule has 1 aromatic heterocycles. The third kappa shape index (κ3) is 4.28. The molecule has 2 rings (SSSR count). The molecule has 0 aliphatic rings. The van der Waals surface area contributed by atoms with E-state index in [1.807, 2.05) is 49.4 Å². The van der Waals surface area contributed by atoms with E-state index in [-0.39, 0.29) is 12.1 Å². The van der Waals surface area contributed by atoms with E-state index in [9.17, 15) is 0 Å². The number of nitrogens with zero attached hydrogens (tertiary/aromatic N) is 1. The maximum Gasteiger partial charge on any atom is 0.155 e. The van der Waals surface area contributed by atoms with Gasteiger partial charge in [-0.1, -0.05) is 25.1 Å². The Hall–Kier alpha value is -1.91. The van der Waals surface area contributed by atoms with Gasteiger partial charge in [-0.3, -0.25) is 4.98 Å². The summed E-state index contributed by atoms with van der Waals surface area (Å²) in [6.07, 6.45) is 2.32. The van der Waals surface area contributed by atoms with E-state index in [2.05, 4.69) is 4.98 Å². The number of rotatable bonds is 7. The minimum atomic E-state index is -0.256. The fourth-order valence-electron chi connectivity index (χ4n) is 2.15. The van der Waals surface area contributed by atoms with Crippen LogP contribution in [0.1, 0.15) is 30.7 Å². The highest BCUT2D eigenvalue weighted by Crippen LogP contribution is 2.25. The van der Waals surface area contributed by atoms with Crippen LogP contribution in [0.3, 0.4) is 0 Å². The molecule has 0 aliphatic heterocycles. The van der Waals surface area contributed by atoms with Crippen LogP contribution in [0.15, 0.2) is 48.7 Å². The second-order valence-corrected chi connectivity index (χ2v) is 4.95. The minimum Gasteiger partial charge on any atom is -0.482 e. The van der Waals surface area contributed by atoms with Gasteiger partial charge in [-0.05, 0) is 36.2 Å². The van der Waals surface area contributed by atoms with E-state index in [0.29, 0.717) is 6.61 Å². The third-order valence-corrected chi connectivity index (χ3v) is 3.31. The van der Waals surface area contributed by atoms with E-state index >= 15 is 0 Å². The molecule has 4 nitrogen and oxygen atoms in total. The molecule has 1 aromatic carbocycles. The van der Waals surface area contributed by atoms with E-state index in [1.54, 1.807) is 13.3 Å². The molecule has 2 aromatic rings. The molecule has 0 aliphatic carbocycles. The van der Waals surface area contributed by atoms with Crippen LogP contribution in [0.5, 0.6) is 5.75 Å². The number of hydrogen-bond acceptors (Lipinski definition) is 4. The summed E-state index contributed by atoms with van der Waals surface area (Å²) >= 11 is 0. The lowest BCUT2D eigenvalue weighted by molar-refractivity contribution is 0.164. The first kappa shape index (κ1) is 15.5. The van der Waals surface area contributed by atoms with Gasteiger partial charge in [-0.25, -0.2) is 0 Å². The SMILES string of the molecule is CCC(N)C(Oc1cccc(COC)c1)c1ccccn1. The summed E-state index contributed by atoms with van der Waals surface area (Å²) in [4.78, 5) is 4.37. The second kappa shape index (κ2) is 7.76. The summed E-state index contributed by atoms with van der Waals surface area (Å²) in [6, 6.07) is 13.5. The molecule has 0 amide bonds. The molecule has 0 bridgehead atoms. The molecule has 2 atom stereocenters. The second-order valence-electron chi connectivity index (χ2n) is 4.95. The highest BCUT2D eigenvalue weighted by molar-refractivity contribution is 5.29. The molecule has 2 N–H and O–H groups in total. The first-order valence-corrected chi connectivity index (χ1v) is 7.15. The largest absolute Gasteiger partial charge is 0.482 e. The topological polar surface area (TPSA) is 57.4 Å². The number of hydrogen-bond donors (Lipinski definition) is 1. The van der Waals surface area contributed by atoms with Crippen LogP contribution in [-0.2, 0) is 11.3 Å². The predicted molar refractivity (Wildman–Crippen MR) is 83.0 cm³/mol. The minimum absolute atomic E-state index is 0.106. The highest BCUT2D eigenvalue weighted by Gasteiger charge is 2.21. The van der Waals surface area contributed by atoms with E-state index in [1.165, 1.54) is 0 Å². The number of benzene rings is 1. The smallest absolute Gasteiger partial charge is 0.155 e. The molecule has 112 valence electrons. The summed E-state index contributed by atoms with van der Waals surface area (Å²) in [5, 5.41) is 0. The average Bonchev–Trinajstić information content (AvgIpc) is 2.53. The van der Waals surface area contributed by atoms with Crippen LogP contribution in [-0.4, -0.2) is 18.1 Å². The summed E-state index contributed by atoms with van der Waals surface area (Å²) < 4.78 is 11.2. The zero-order valence-electron chi connectivity index (χ0n) is 12.5. The lowest BCUT2D eigenvalue weighted by Gasteiger charge is -2.24. The Morgan fingerprint density at radius 1 is 1.19 bits per heavy atom. The van der Waals surface area contributed by atoms with E-state index < -0.39 is 0 Å². The highest BCUT2D eigenvalue weighted by atomic mass is 16.5. The molecule has 4 heteroatoms. The van der Waals surface area contributed by atoms with Crippen molar-refractivity contribution in [3.63, 3.8) is 0 Å². The Morgan fingerprint density at radius 2 is 2.05 bits per heavy atom. The number of nitrogens with two attached hydrogens (primary N) is 1. The van der Waals surface area contributed by atoms with Gasteiger partial charge in [0.2, 0.25) is 0 Å². The first-order chi connectivity index (χ1) is 10.2. The van der Waals surface area contributed by atoms with Gasteiger partial charge in [0.25, 0.3) is 0 Å². The van der Waals surface area contributed by atoms with Gasteiger partial charge in [0.1, 0.15) is 5.75 Å². The van der Waals surface area contributed by atoms with Crippen LogP contribution in [0, 0.1) is 0 Å². The van der Waals surface area contributed by atoms with Crippen molar-refractivity contribution in [3.05, 3.63) is 59.9 Å². The lowest BCUT2D eigenvalue weighted by Crippen LogP contribution is -2.32. The predicted octanol–water partition coefficient (Wildman–Crippen LogP) is 3.09. The van der Waals surface area contributed by atoms with Crippen molar-refractivity contribution >= 4 is 0 Å². The summed E-state index contributed by atoms with van der Waals surface area (Å²) in [5.41, 5.74) is 8.12. The van der Waals surface area contributed by atoms with Crippen molar-refractivity contribution < 1.29 is 9.47 Å². The number of methoxy groups -OCH3 is 1. The Bertz CT molecular complexity index is 545. The zero-order chi connectivity index (χ0) is 15.1. The van der Waals surface area contributed by atoms with Crippen LogP contribution in [0.4, 0.5) is 0 Å². The first-order valence-electron chi connectivity index (χ1n) is 7.15. The molecule has 0 radical (unpaired) electrons.